The van der Waals surface area contributed by atoms with Crippen molar-refractivity contribution in [1.29, 1.82) is 0 Å². The molecule has 13 heteroatoms. The van der Waals surface area contributed by atoms with Crippen LogP contribution >= 0.6 is 15.9 Å². The Bertz CT molecular complexity index is 1640. The van der Waals surface area contributed by atoms with Crippen molar-refractivity contribution in [3.8, 4) is 0 Å². The number of hydrogen-bond donors (Lipinski definition) is 2. The molecule has 2 aromatic rings. The number of rotatable bonds is 20. The Morgan fingerprint density at radius 3 is 2.39 bits per heavy atom. The van der Waals surface area contributed by atoms with Gasteiger partial charge in [-0.3, -0.25) is 19.2 Å². The first-order valence-corrected chi connectivity index (χ1v) is 19.7. The lowest BCUT2D eigenvalue weighted by molar-refractivity contribution is -0.163. The molecular weight excluding hydrogens is 756 g/mol. The van der Waals surface area contributed by atoms with Crippen LogP contribution in [0.25, 0.3) is 0 Å². The zero-order valence-corrected chi connectivity index (χ0v) is 33.0. The van der Waals surface area contributed by atoms with Gasteiger partial charge in [-0.1, -0.05) is 58.4 Å². The molecule has 3 saturated heterocycles. The minimum atomic E-state index is -1.35. The molecule has 0 saturated carbocycles. The second kappa shape index (κ2) is 18.5. The highest BCUT2D eigenvalue weighted by molar-refractivity contribution is 9.09. The number of anilines is 2. The number of aliphatic hydroxyl groups is 1. The van der Waals surface area contributed by atoms with Crippen molar-refractivity contribution < 1.29 is 38.5 Å². The Labute approximate surface area is 326 Å². The van der Waals surface area contributed by atoms with E-state index >= 15 is 0 Å². The molecule has 1 spiro atoms. The number of ether oxygens (including phenoxy) is 3. The maximum absolute atomic E-state index is 14.9. The van der Waals surface area contributed by atoms with Gasteiger partial charge in [-0.15, -0.1) is 13.2 Å². The average Bonchev–Trinajstić information content (AvgIpc) is 3.77. The maximum atomic E-state index is 14.9. The summed E-state index contributed by atoms with van der Waals surface area (Å²) in [7, 11) is 1.50. The van der Waals surface area contributed by atoms with Crippen LogP contribution in [0.5, 0.6) is 0 Å². The van der Waals surface area contributed by atoms with Gasteiger partial charge in [0.15, 0.2) is 0 Å². The van der Waals surface area contributed by atoms with Gasteiger partial charge in [0.05, 0.1) is 30.6 Å². The van der Waals surface area contributed by atoms with Crippen LogP contribution in [-0.2, 0) is 33.4 Å². The molecule has 3 aliphatic rings. The van der Waals surface area contributed by atoms with Gasteiger partial charge < -0.3 is 39.3 Å². The number of nitrogens with zero attached hydrogens (tertiary/aromatic N) is 3. The standard InChI is InChI=1S/C41H53BrN4O8/c1-6-10-17-32(48)43-31(26-52-5)35(27-15-12-11-13-16-27)53-40(51)33-34-38(49)46(23-14-24-47)37(41(34)25-30(42)36(33)54-41)39(50)45(22-7-2)29-20-18-28(19-21-29)44(8-3)9-4/h6-7,11-13,15-16,18-21,30-31,33-37,47H,1-2,8-10,14,17,22-26H2,3-5H3,(H,43,48)/t30?,31-,33+,34-,35-,36+,37+,41-/m1/s1. The third-order valence-electron chi connectivity index (χ3n) is 10.7. The molecule has 0 aromatic heterocycles. The summed E-state index contributed by atoms with van der Waals surface area (Å²) in [6.45, 7) is 13.5. The zero-order valence-electron chi connectivity index (χ0n) is 31.4. The quantitative estimate of drug-likeness (QED) is 0.112. The van der Waals surface area contributed by atoms with Crippen LogP contribution in [0.4, 0.5) is 11.4 Å². The number of halogens is 1. The summed E-state index contributed by atoms with van der Waals surface area (Å²) in [5, 5.41) is 12.8. The number of methoxy groups -OCH3 is 1. The van der Waals surface area contributed by atoms with Crippen LogP contribution in [0.15, 0.2) is 79.9 Å². The largest absolute Gasteiger partial charge is 0.455 e. The van der Waals surface area contributed by atoms with Crippen LogP contribution in [0.1, 0.15) is 51.2 Å². The van der Waals surface area contributed by atoms with Crippen molar-refractivity contribution in [2.24, 2.45) is 11.8 Å². The van der Waals surface area contributed by atoms with Gasteiger partial charge in [0, 0.05) is 62.5 Å². The number of alkyl halides is 1. The number of benzene rings is 2. The number of carbonyl (C=O) groups excluding carboxylic acids is 4. The van der Waals surface area contributed by atoms with Gasteiger partial charge in [0.2, 0.25) is 11.8 Å². The first-order chi connectivity index (χ1) is 26.1. The third kappa shape index (κ3) is 8.14. The van der Waals surface area contributed by atoms with Crippen molar-refractivity contribution in [2.75, 3.05) is 56.3 Å². The first kappa shape index (κ1) is 41.1. The average molecular weight is 810 g/mol. The highest BCUT2D eigenvalue weighted by Gasteiger charge is 2.77. The topological polar surface area (TPSA) is 138 Å². The van der Waals surface area contributed by atoms with E-state index in [0.29, 0.717) is 24.1 Å². The number of likely N-dealkylation sites (tertiary alicyclic amines) is 1. The zero-order chi connectivity index (χ0) is 39.0. The number of carbonyl (C=O) groups is 4. The van der Waals surface area contributed by atoms with Crippen molar-refractivity contribution in [3.05, 3.63) is 85.5 Å². The smallest absolute Gasteiger partial charge is 0.313 e. The first-order valence-electron chi connectivity index (χ1n) is 18.8. The van der Waals surface area contributed by atoms with Crippen LogP contribution in [0, 0.1) is 11.8 Å². The molecule has 3 fully saturated rings. The number of esters is 1. The molecule has 3 heterocycles. The van der Waals surface area contributed by atoms with E-state index in [1.165, 1.54) is 12.0 Å². The van der Waals surface area contributed by atoms with Gasteiger partial charge >= 0.3 is 5.97 Å². The summed E-state index contributed by atoms with van der Waals surface area (Å²) in [6, 6.07) is 14.9. The Balaban J connectivity index is 1.50. The molecular formula is C41H53BrN4O8. The molecule has 2 N–H and O–H groups in total. The number of allylic oxidation sites excluding steroid dienone is 1. The van der Waals surface area contributed by atoms with Gasteiger partial charge in [-0.25, -0.2) is 0 Å². The fourth-order valence-corrected chi connectivity index (χ4v) is 9.26. The van der Waals surface area contributed by atoms with Crippen LogP contribution in [0.3, 0.4) is 0 Å². The Kier molecular flexibility index (Phi) is 14.1. The summed E-state index contributed by atoms with van der Waals surface area (Å²) in [5.41, 5.74) is 0.940. The normalized spacial score (nSPS) is 25.1. The van der Waals surface area contributed by atoms with E-state index in [-0.39, 0.29) is 55.8 Å². The van der Waals surface area contributed by atoms with E-state index in [1.807, 2.05) is 42.5 Å². The molecule has 2 aromatic carbocycles. The van der Waals surface area contributed by atoms with E-state index in [1.54, 1.807) is 29.2 Å². The van der Waals surface area contributed by atoms with E-state index in [2.05, 4.69) is 53.2 Å². The van der Waals surface area contributed by atoms with Crippen molar-refractivity contribution in [1.82, 2.24) is 10.2 Å². The fraction of sp³-hybridized carbons (Fsp3) is 0.512. The molecule has 292 valence electrons. The summed E-state index contributed by atoms with van der Waals surface area (Å²) < 4.78 is 18.5. The molecule has 3 aliphatic heterocycles. The lowest BCUT2D eigenvalue weighted by atomic mass is 9.70. The monoisotopic (exact) mass is 808 g/mol. The van der Waals surface area contributed by atoms with E-state index < -0.39 is 53.6 Å². The Hall–Kier alpha value is -4.04. The Morgan fingerprint density at radius 2 is 1.78 bits per heavy atom. The fourth-order valence-electron chi connectivity index (χ4n) is 8.32. The molecule has 0 aliphatic carbocycles. The van der Waals surface area contributed by atoms with Crippen molar-refractivity contribution in [3.63, 3.8) is 0 Å². The molecule has 12 nitrogen and oxygen atoms in total. The summed E-state index contributed by atoms with van der Waals surface area (Å²) >= 11 is 3.74. The second-order valence-electron chi connectivity index (χ2n) is 13.9. The van der Waals surface area contributed by atoms with E-state index in [4.69, 9.17) is 14.2 Å². The number of fused-ring (bicyclic) bond motifs is 1. The van der Waals surface area contributed by atoms with Crippen LogP contribution in [-0.4, -0.2) is 109 Å². The number of hydrogen-bond acceptors (Lipinski definition) is 9. The number of amides is 3. The lowest BCUT2D eigenvalue weighted by Gasteiger charge is -2.37. The van der Waals surface area contributed by atoms with Gasteiger partial charge in [-0.05, 0) is 62.9 Å². The molecule has 1 unspecified atom stereocenters. The van der Waals surface area contributed by atoms with E-state index in [9.17, 15) is 24.3 Å². The summed E-state index contributed by atoms with van der Waals surface area (Å²) in [5.74, 6) is -3.77. The van der Waals surface area contributed by atoms with Gasteiger partial charge in [0.25, 0.3) is 5.91 Å². The summed E-state index contributed by atoms with van der Waals surface area (Å²) in [4.78, 5) is 62.0. The predicted octanol–water partition coefficient (Wildman–Crippen LogP) is 4.56. The third-order valence-corrected chi connectivity index (χ3v) is 11.6. The molecule has 54 heavy (non-hydrogen) atoms. The minimum absolute atomic E-state index is 0.0468. The maximum Gasteiger partial charge on any atom is 0.313 e. The minimum Gasteiger partial charge on any atom is -0.455 e. The predicted molar refractivity (Wildman–Crippen MR) is 210 cm³/mol. The van der Waals surface area contributed by atoms with Crippen molar-refractivity contribution >= 4 is 51.0 Å². The van der Waals surface area contributed by atoms with Gasteiger partial charge in [-0.2, -0.15) is 0 Å². The SMILES string of the molecule is C=CCCC(=O)N[C@H](COC)[C@H](OC(=O)[C@@H]1[C@H]2O[C@@]3(CC2Br)[C@H](C(=O)N(CC=C)c2ccc(N(CC)CC)cc2)N(CCCO)C(=O)[C@@H]13)c1ccccc1. The van der Waals surface area contributed by atoms with Crippen LogP contribution in [0.2, 0.25) is 0 Å². The van der Waals surface area contributed by atoms with Crippen molar-refractivity contribution in [2.45, 2.75) is 74.3 Å². The van der Waals surface area contributed by atoms with Gasteiger partial charge in [0.1, 0.15) is 17.7 Å². The Morgan fingerprint density at radius 1 is 1.09 bits per heavy atom. The molecule has 8 atom stereocenters. The number of aliphatic hydroxyl groups excluding tert-OH is 1. The molecule has 3 amide bonds. The second-order valence-corrected chi connectivity index (χ2v) is 15.1. The summed E-state index contributed by atoms with van der Waals surface area (Å²) in [6.07, 6.45) is 2.77. The van der Waals surface area contributed by atoms with Crippen LogP contribution < -0.4 is 15.1 Å². The molecule has 0 radical (unpaired) electrons. The van der Waals surface area contributed by atoms with E-state index in [0.717, 1.165) is 18.8 Å². The highest BCUT2D eigenvalue weighted by atomic mass is 79.9. The lowest BCUT2D eigenvalue weighted by Crippen LogP contribution is -2.57. The molecule has 2 bridgehead atoms. The molecule has 5 rings (SSSR count). The number of nitrogens with one attached hydrogen (secondary N) is 1. The highest BCUT2D eigenvalue weighted by Crippen LogP contribution is 2.60.